The molecule has 4 aromatic rings. The Morgan fingerprint density at radius 1 is 1.12 bits per heavy atom. The van der Waals surface area contributed by atoms with Crippen molar-refractivity contribution in [1.82, 2.24) is 24.5 Å². The van der Waals surface area contributed by atoms with Gasteiger partial charge in [-0.1, -0.05) is 6.08 Å². The first kappa shape index (κ1) is 20.3. The largest absolute Gasteiger partial charge is 0.326 e. The third kappa shape index (κ3) is 3.64. The summed E-state index contributed by atoms with van der Waals surface area (Å²) in [6.45, 7) is 6.10. The van der Waals surface area contributed by atoms with E-state index in [0.717, 1.165) is 58.7 Å². The Hall–Kier alpha value is -3.61. The number of nitrogens with zero attached hydrogens (tertiary/aromatic N) is 5. The Morgan fingerprint density at radius 3 is 2.72 bits per heavy atom. The molecule has 32 heavy (non-hydrogen) atoms. The van der Waals surface area contributed by atoms with Crippen molar-refractivity contribution in [3.8, 4) is 0 Å². The molecule has 0 fully saturated rings. The highest BCUT2D eigenvalue weighted by atomic mass is 19.1. The minimum Gasteiger partial charge on any atom is -0.326 e. The highest BCUT2D eigenvalue weighted by Gasteiger charge is 2.20. The van der Waals surface area contributed by atoms with E-state index in [4.69, 9.17) is 4.98 Å². The van der Waals surface area contributed by atoms with Crippen LogP contribution in [0.2, 0.25) is 0 Å². The molecule has 1 N–H and O–H groups in total. The lowest BCUT2D eigenvalue weighted by Gasteiger charge is -2.14. The van der Waals surface area contributed by atoms with Crippen molar-refractivity contribution in [2.75, 3.05) is 5.32 Å². The quantitative estimate of drug-likeness (QED) is 0.447. The van der Waals surface area contributed by atoms with Crippen LogP contribution in [0, 0.1) is 12.7 Å². The Labute approximate surface area is 186 Å². The van der Waals surface area contributed by atoms with Crippen LogP contribution in [0.1, 0.15) is 55.4 Å². The van der Waals surface area contributed by atoms with Crippen molar-refractivity contribution in [2.24, 2.45) is 0 Å². The number of imidazole rings is 1. The molecule has 6 nitrogen and oxygen atoms in total. The van der Waals surface area contributed by atoms with E-state index in [-0.39, 0.29) is 11.9 Å². The number of allylic oxidation sites excluding steroid dienone is 1. The van der Waals surface area contributed by atoms with Gasteiger partial charge in [-0.3, -0.25) is 4.98 Å². The molecule has 0 aliphatic heterocycles. The molecule has 3 aromatic heterocycles. The Morgan fingerprint density at radius 2 is 1.94 bits per heavy atom. The van der Waals surface area contributed by atoms with Crippen LogP contribution >= 0.6 is 0 Å². The van der Waals surface area contributed by atoms with Crippen LogP contribution in [-0.4, -0.2) is 24.5 Å². The lowest BCUT2D eigenvalue weighted by Crippen LogP contribution is -2.05. The Balaban J connectivity index is 1.58. The summed E-state index contributed by atoms with van der Waals surface area (Å²) in [5.41, 5.74) is 5.84. The number of rotatable bonds is 4. The molecule has 0 saturated carbocycles. The van der Waals surface area contributed by atoms with E-state index in [1.807, 2.05) is 31.3 Å². The zero-order chi connectivity index (χ0) is 22.2. The minimum atomic E-state index is -0.302. The van der Waals surface area contributed by atoms with Crippen LogP contribution < -0.4 is 5.32 Å². The number of anilines is 2. The summed E-state index contributed by atoms with van der Waals surface area (Å²) in [5.74, 6) is 1.06. The van der Waals surface area contributed by atoms with Crippen LogP contribution in [0.4, 0.5) is 16.0 Å². The molecule has 0 bridgehead atoms. The second-order valence-electron chi connectivity index (χ2n) is 8.37. The number of hydrogen-bond donors (Lipinski definition) is 1. The van der Waals surface area contributed by atoms with Crippen LogP contribution in [0.25, 0.3) is 16.6 Å². The second-order valence-corrected chi connectivity index (χ2v) is 8.37. The molecule has 0 unspecified atom stereocenters. The summed E-state index contributed by atoms with van der Waals surface area (Å²) in [6, 6.07) is 7.57. The van der Waals surface area contributed by atoms with Gasteiger partial charge in [-0.05, 0) is 75.4 Å². The highest BCUT2D eigenvalue weighted by molar-refractivity contribution is 5.88. The number of pyridine rings is 1. The van der Waals surface area contributed by atoms with Gasteiger partial charge in [0.2, 0.25) is 5.95 Å². The van der Waals surface area contributed by atoms with Gasteiger partial charge in [0, 0.05) is 35.9 Å². The molecule has 0 amide bonds. The van der Waals surface area contributed by atoms with Crippen LogP contribution in [0.3, 0.4) is 0 Å². The molecule has 1 aliphatic rings. The average Bonchev–Trinajstić information content (AvgIpc) is 2.97. The van der Waals surface area contributed by atoms with Crippen LogP contribution in [0.15, 0.2) is 48.9 Å². The lowest BCUT2D eigenvalue weighted by molar-refractivity contribution is 0.600. The fourth-order valence-corrected chi connectivity index (χ4v) is 4.43. The minimum absolute atomic E-state index is 0.190. The van der Waals surface area contributed by atoms with Crippen molar-refractivity contribution in [3.05, 3.63) is 77.4 Å². The number of halogens is 1. The van der Waals surface area contributed by atoms with E-state index in [1.54, 1.807) is 18.5 Å². The first-order valence-electron chi connectivity index (χ1n) is 10.9. The summed E-state index contributed by atoms with van der Waals surface area (Å²) in [4.78, 5) is 17.8. The number of benzene rings is 1. The third-order valence-electron chi connectivity index (χ3n) is 5.81. The van der Waals surface area contributed by atoms with Crippen molar-refractivity contribution < 1.29 is 4.39 Å². The predicted molar refractivity (Wildman–Crippen MR) is 124 cm³/mol. The third-order valence-corrected chi connectivity index (χ3v) is 5.81. The summed E-state index contributed by atoms with van der Waals surface area (Å²) in [5, 5.41) is 3.23. The summed E-state index contributed by atoms with van der Waals surface area (Å²) < 4.78 is 17.2. The topological polar surface area (TPSA) is 68.5 Å². The monoisotopic (exact) mass is 428 g/mol. The smallest absolute Gasteiger partial charge is 0.227 e. The maximum absolute atomic E-state index is 15.1. The summed E-state index contributed by atoms with van der Waals surface area (Å²) in [7, 11) is 0. The molecule has 1 aromatic carbocycles. The van der Waals surface area contributed by atoms with Gasteiger partial charge in [-0.25, -0.2) is 19.3 Å². The van der Waals surface area contributed by atoms with Crippen molar-refractivity contribution in [1.29, 1.82) is 0 Å². The van der Waals surface area contributed by atoms with E-state index in [2.05, 4.69) is 44.8 Å². The van der Waals surface area contributed by atoms with Gasteiger partial charge in [0.1, 0.15) is 11.3 Å². The van der Waals surface area contributed by atoms with E-state index in [9.17, 15) is 0 Å². The van der Waals surface area contributed by atoms with Crippen LogP contribution in [-0.2, 0) is 6.42 Å². The van der Waals surface area contributed by atoms with Crippen molar-refractivity contribution in [3.63, 3.8) is 0 Å². The van der Waals surface area contributed by atoms with E-state index in [0.29, 0.717) is 11.5 Å². The maximum Gasteiger partial charge on any atom is 0.227 e. The fourth-order valence-electron chi connectivity index (χ4n) is 4.43. The molecule has 0 saturated heterocycles. The first-order valence-corrected chi connectivity index (χ1v) is 10.9. The van der Waals surface area contributed by atoms with Gasteiger partial charge in [0.15, 0.2) is 5.82 Å². The number of fused-ring (bicyclic) bond motifs is 2. The molecule has 0 spiro atoms. The summed E-state index contributed by atoms with van der Waals surface area (Å²) >= 11 is 0. The zero-order valence-corrected chi connectivity index (χ0v) is 18.4. The number of aromatic nitrogens is 5. The van der Waals surface area contributed by atoms with Gasteiger partial charge in [-0.15, -0.1) is 0 Å². The molecule has 0 radical (unpaired) electrons. The maximum atomic E-state index is 15.1. The molecule has 1 aliphatic carbocycles. The summed E-state index contributed by atoms with van der Waals surface area (Å²) in [6.07, 6.45) is 10.2. The van der Waals surface area contributed by atoms with Gasteiger partial charge in [0.25, 0.3) is 0 Å². The van der Waals surface area contributed by atoms with Crippen LogP contribution in [0.5, 0.6) is 0 Å². The molecule has 7 heteroatoms. The Bertz CT molecular complexity index is 1320. The SMILES string of the molecule is Cc1nc2c(F)cc(C3=CCCCc4nc(Nc5ccncc5)ncc43)cc2n1C(C)C. The van der Waals surface area contributed by atoms with Gasteiger partial charge >= 0.3 is 0 Å². The lowest BCUT2D eigenvalue weighted by atomic mass is 9.97. The number of hydrogen-bond acceptors (Lipinski definition) is 5. The molecule has 162 valence electrons. The molecule has 0 atom stereocenters. The zero-order valence-electron chi connectivity index (χ0n) is 18.4. The fraction of sp³-hybridized carbons (Fsp3) is 0.280. The van der Waals surface area contributed by atoms with Gasteiger partial charge < -0.3 is 9.88 Å². The van der Waals surface area contributed by atoms with E-state index in [1.165, 1.54) is 0 Å². The van der Waals surface area contributed by atoms with E-state index >= 15 is 4.39 Å². The molecular weight excluding hydrogens is 403 g/mol. The van der Waals surface area contributed by atoms with Crippen molar-refractivity contribution in [2.45, 2.75) is 46.1 Å². The molecular formula is C25H25FN6. The number of nitrogens with one attached hydrogen (secondary N) is 1. The number of aryl methyl sites for hydroxylation is 2. The average molecular weight is 429 g/mol. The van der Waals surface area contributed by atoms with Gasteiger partial charge in [-0.2, -0.15) is 0 Å². The second kappa shape index (κ2) is 8.15. The molecule has 5 rings (SSSR count). The standard InChI is InChI=1S/C25H25FN6/c1-15(2)32-16(3)29-24-21(26)12-17(13-23(24)32)19-6-4-5-7-22-20(19)14-28-25(31-22)30-18-8-10-27-11-9-18/h6,8-15H,4-5,7H2,1-3H3,(H,27,28,30,31). The molecule has 3 heterocycles. The Kier molecular flexibility index (Phi) is 5.17. The highest BCUT2D eigenvalue weighted by Crippen LogP contribution is 2.34. The van der Waals surface area contributed by atoms with Crippen molar-refractivity contribution >= 4 is 28.2 Å². The predicted octanol–water partition coefficient (Wildman–Crippen LogP) is 5.76. The van der Waals surface area contributed by atoms with E-state index < -0.39 is 0 Å². The first-order chi connectivity index (χ1) is 15.5. The van der Waals surface area contributed by atoms with Gasteiger partial charge in [0.05, 0.1) is 11.2 Å². The normalized spacial score (nSPS) is 13.7.